The van der Waals surface area contributed by atoms with Gasteiger partial charge >= 0.3 is 0 Å². The summed E-state index contributed by atoms with van der Waals surface area (Å²) < 4.78 is 8.52. The third-order valence-electron chi connectivity index (χ3n) is 3.34. The van der Waals surface area contributed by atoms with Crippen LogP contribution in [0.15, 0.2) is 65.6 Å². The molecule has 0 bridgehead atoms. The summed E-state index contributed by atoms with van der Waals surface area (Å²) in [5.41, 5.74) is 3.15. The minimum atomic E-state index is 0.636. The van der Waals surface area contributed by atoms with Crippen LogP contribution in [0.4, 0.5) is 0 Å². The SMILES string of the molecule is C=C(OC)c1c(Br)c2ccccc2n1-c1ccccc1. The van der Waals surface area contributed by atoms with Crippen LogP contribution in [-0.4, -0.2) is 11.7 Å². The zero-order valence-corrected chi connectivity index (χ0v) is 12.7. The van der Waals surface area contributed by atoms with Crippen LogP contribution in [0.2, 0.25) is 0 Å². The Bertz CT molecular complexity index is 774. The van der Waals surface area contributed by atoms with Gasteiger partial charge in [0.25, 0.3) is 0 Å². The summed E-state index contributed by atoms with van der Waals surface area (Å²) in [6.07, 6.45) is 0. The first-order valence-electron chi connectivity index (χ1n) is 6.31. The zero-order valence-electron chi connectivity index (χ0n) is 11.1. The first kappa shape index (κ1) is 13.0. The Morgan fingerprint density at radius 2 is 1.70 bits per heavy atom. The number of aromatic nitrogens is 1. The average molecular weight is 328 g/mol. The Morgan fingerprint density at radius 3 is 2.40 bits per heavy atom. The molecule has 0 amide bonds. The van der Waals surface area contributed by atoms with Crippen LogP contribution in [0.3, 0.4) is 0 Å². The molecular formula is C17H14BrNO. The lowest BCUT2D eigenvalue weighted by Crippen LogP contribution is -2.00. The van der Waals surface area contributed by atoms with Gasteiger partial charge in [0.05, 0.1) is 17.1 Å². The summed E-state index contributed by atoms with van der Waals surface area (Å²) in [4.78, 5) is 0. The Hall–Kier alpha value is -2.00. The second-order valence-electron chi connectivity index (χ2n) is 4.48. The van der Waals surface area contributed by atoms with E-state index >= 15 is 0 Å². The molecule has 0 aliphatic rings. The first-order valence-corrected chi connectivity index (χ1v) is 7.11. The lowest BCUT2D eigenvalue weighted by molar-refractivity contribution is 0.368. The monoisotopic (exact) mass is 327 g/mol. The van der Waals surface area contributed by atoms with Crippen molar-refractivity contribution >= 4 is 32.6 Å². The van der Waals surface area contributed by atoms with Crippen LogP contribution < -0.4 is 0 Å². The summed E-state index contributed by atoms with van der Waals surface area (Å²) in [6.45, 7) is 4.01. The van der Waals surface area contributed by atoms with Crippen molar-refractivity contribution < 1.29 is 4.74 Å². The van der Waals surface area contributed by atoms with E-state index in [0.717, 1.165) is 26.8 Å². The van der Waals surface area contributed by atoms with E-state index in [1.54, 1.807) is 7.11 Å². The highest BCUT2D eigenvalue weighted by atomic mass is 79.9. The van der Waals surface area contributed by atoms with Crippen LogP contribution in [0.1, 0.15) is 5.69 Å². The molecule has 100 valence electrons. The number of methoxy groups -OCH3 is 1. The van der Waals surface area contributed by atoms with Crippen molar-refractivity contribution in [1.82, 2.24) is 4.57 Å². The Morgan fingerprint density at radius 1 is 1.05 bits per heavy atom. The molecule has 0 saturated heterocycles. The van der Waals surface area contributed by atoms with Gasteiger partial charge in [-0.3, -0.25) is 0 Å². The summed E-state index contributed by atoms with van der Waals surface area (Å²) in [5.74, 6) is 0.636. The van der Waals surface area contributed by atoms with Gasteiger partial charge in [0.15, 0.2) is 0 Å². The molecule has 0 aliphatic heterocycles. The molecule has 0 atom stereocenters. The molecule has 0 N–H and O–H groups in total. The van der Waals surface area contributed by atoms with Crippen molar-refractivity contribution in [2.24, 2.45) is 0 Å². The van der Waals surface area contributed by atoms with Crippen molar-refractivity contribution in [2.45, 2.75) is 0 Å². The number of rotatable bonds is 3. The lowest BCUT2D eigenvalue weighted by atomic mass is 10.2. The van der Waals surface area contributed by atoms with Crippen molar-refractivity contribution in [2.75, 3.05) is 7.11 Å². The lowest BCUT2D eigenvalue weighted by Gasteiger charge is -2.12. The number of para-hydroxylation sites is 2. The molecule has 2 aromatic carbocycles. The molecule has 1 heterocycles. The normalized spacial score (nSPS) is 10.7. The van der Waals surface area contributed by atoms with Gasteiger partial charge < -0.3 is 9.30 Å². The highest BCUT2D eigenvalue weighted by Crippen LogP contribution is 2.36. The molecule has 0 radical (unpaired) electrons. The van der Waals surface area contributed by atoms with E-state index in [1.807, 2.05) is 30.3 Å². The predicted octanol–water partition coefficient (Wildman–Crippen LogP) is 5.01. The second-order valence-corrected chi connectivity index (χ2v) is 5.27. The molecule has 1 aromatic heterocycles. The smallest absolute Gasteiger partial charge is 0.136 e. The fraction of sp³-hybridized carbons (Fsp3) is 0.0588. The molecule has 3 aromatic rings. The zero-order chi connectivity index (χ0) is 14.1. The van der Waals surface area contributed by atoms with Crippen molar-refractivity contribution in [3.8, 4) is 5.69 Å². The number of fused-ring (bicyclic) bond motifs is 1. The highest BCUT2D eigenvalue weighted by Gasteiger charge is 2.18. The number of hydrogen-bond acceptors (Lipinski definition) is 1. The Labute approximate surface area is 126 Å². The summed E-state index contributed by atoms with van der Waals surface area (Å²) in [5, 5.41) is 1.14. The molecule has 3 heteroatoms. The maximum absolute atomic E-state index is 5.36. The molecule has 20 heavy (non-hydrogen) atoms. The van der Waals surface area contributed by atoms with Crippen LogP contribution in [0.25, 0.3) is 22.3 Å². The van der Waals surface area contributed by atoms with Crippen molar-refractivity contribution in [3.63, 3.8) is 0 Å². The van der Waals surface area contributed by atoms with Gasteiger partial charge in [0, 0.05) is 11.1 Å². The van der Waals surface area contributed by atoms with Crippen molar-refractivity contribution in [1.29, 1.82) is 0 Å². The molecule has 0 unspecified atom stereocenters. The van der Waals surface area contributed by atoms with Gasteiger partial charge in [-0.15, -0.1) is 0 Å². The third kappa shape index (κ3) is 1.95. The Kier molecular flexibility index (Phi) is 3.36. The molecule has 0 saturated carbocycles. The first-order chi connectivity index (χ1) is 9.74. The van der Waals surface area contributed by atoms with E-state index in [2.05, 4.69) is 51.3 Å². The number of hydrogen-bond donors (Lipinski definition) is 0. The number of nitrogens with zero attached hydrogens (tertiary/aromatic N) is 1. The minimum Gasteiger partial charge on any atom is -0.495 e. The Balaban J connectivity index is 2.42. The van der Waals surface area contributed by atoms with Crippen LogP contribution in [0.5, 0.6) is 0 Å². The van der Waals surface area contributed by atoms with Gasteiger partial charge in [-0.05, 0) is 34.1 Å². The standard InChI is InChI=1S/C17H14BrNO/c1-12(20-2)17-16(18)14-10-6-7-11-15(14)19(17)13-8-4-3-5-9-13/h3-11H,1H2,2H3. The summed E-state index contributed by atoms with van der Waals surface area (Å²) in [7, 11) is 1.64. The fourth-order valence-corrected chi connectivity index (χ4v) is 3.12. The minimum absolute atomic E-state index is 0.636. The number of ether oxygens (including phenoxy) is 1. The molecule has 0 fully saturated rings. The van der Waals surface area contributed by atoms with Gasteiger partial charge in [0.1, 0.15) is 11.5 Å². The molecular weight excluding hydrogens is 314 g/mol. The van der Waals surface area contributed by atoms with E-state index in [9.17, 15) is 0 Å². The molecule has 0 aliphatic carbocycles. The predicted molar refractivity (Wildman–Crippen MR) is 87.0 cm³/mol. The van der Waals surface area contributed by atoms with E-state index in [1.165, 1.54) is 0 Å². The van der Waals surface area contributed by atoms with Crippen molar-refractivity contribution in [3.05, 3.63) is 71.3 Å². The second kappa shape index (κ2) is 5.17. The molecule has 0 spiro atoms. The number of halogens is 1. The summed E-state index contributed by atoms with van der Waals surface area (Å²) >= 11 is 3.68. The van der Waals surface area contributed by atoms with Crippen LogP contribution >= 0.6 is 15.9 Å². The topological polar surface area (TPSA) is 14.2 Å². The van der Waals surface area contributed by atoms with Gasteiger partial charge in [0.2, 0.25) is 0 Å². The van der Waals surface area contributed by atoms with Gasteiger partial charge in [-0.25, -0.2) is 0 Å². The molecule has 2 nitrogen and oxygen atoms in total. The highest BCUT2D eigenvalue weighted by molar-refractivity contribution is 9.10. The van der Waals surface area contributed by atoms with E-state index in [-0.39, 0.29) is 0 Å². The van der Waals surface area contributed by atoms with E-state index in [0.29, 0.717) is 5.76 Å². The largest absolute Gasteiger partial charge is 0.495 e. The molecule has 3 rings (SSSR count). The summed E-state index contributed by atoms with van der Waals surface area (Å²) in [6, 6.07) is 18.5. The van der Waals surface area contributed by atoms with Gasteiger partial charge in [-0.1, -0.05) is 43.0 Å². The fourth-order valence-electron chi connectivity index (χ4n) is 2.39. The quantitative estimate of drug-likeness (QED) is 0.617. The van der Waals surface area contributed by atoms with E-state index < -0.39 is 0 Å². The van der Waals surface area contributed by atoms with Crippen LogP contribution in [0, 0.1) is 0 Å². The van der Waals surface area contributed by atoms with Gasteiger partial charge in [-0.2, -0.15) is 0 Å². The average Bonchev–Trinajstić information content (AvgIpc) is 2.81. The maximum Gasteiger partial charge on any atom is 0.136 e. The third-order valence-corrected chi connectivity index (χ3v) is 4.14. The van der Waals surface area contributed by atoms with E-state index in [4.69, 9.17) is 4.74 Å². The number of benzene rings is 2. The maximum atomic E-state index is 5.36. The van der Waals surface area contributed by atoms with Crippen LogP contribution in [-0.2, 0) is 4.74 Å².